The summed E-state index contributed by atoms with van der Waals surface area (Å²) in [7, 11) is 0. The zero-order chi connectivity index (χ0) is 13.2. The summed E-state index contributed by atoms with van der Waals surface area (Å²) >= 11 is 0. The molecule has 3 N–H and O–H groups in total. The highest BCUT2D eigenvalue weighted by Crippen LogP contribution is 2.33. The molecule has 1 aromatic rings. The standard InChI is InChI=1S/C10H10F3NO3/c1-5(9(15)16)6-3-2-4-7(8(6)14)17-10(11,12)13/h2-5H,14H2,1H3,(H,15,16). The molecule has 1 unspecified atom stereocenters. The number of carbonyl (C=O) groups is 1. The number of benzene rings is 1. The molecule has 0 aliphatic carbocycles. The molecular weight excluding hydrogens is 239 g/mol. The minimum atomic E-state index is -4.86. The van der Waals surface area contributed by atoms with Crippen LogP contribution in [0.1, 0.15) is 18.4 Å². The summed E-state index contributed by atoms with van der Waals surface area (Å²) in [6.07, 6.45) is -4.86. The SMILES string of the molecule is CC(C(=O)O)c1cccc(OC(F)(F)F)c1N. The van der Waals surface area contributed by atoms with Crippen molar-refractivity contribution in [1.29, 1.82) is 0 Å². The van der Waals surface area contributed by atoms with E-state index in [0.29, 0.717) is 0 Å². The van der Waals surface area contributed by atoms with E-state index in [1.807, 2.05) is 0 Å². The monoisotopic (exact) mass is 249 g/mol. The average molecular weight is 249 g/mol. The fourth-order valence-electron chi connectivity index (χ4n) is 1.29. The largest absolute Gasteiger partial charge is 0.573 e. The van der Waals surface area contributed by atoms with Crippen molar-refractivity contribution < 1.29 is 27.8 Å². The number of hydrogen-bond donors (Lipinski definition) is 2. The number of alkyl halides is 3. The molecule has 0 aromatic heterocycles. The molecule has 0 fully saturated rings. The van der Waals surface area contributed by atoms with Gasteiger partial charge < -0.3 is 15.6 Å². The third kappa shape index (κ3) is 3.27. The molecule has 0 amide bonds. The van der Waals surface area contributed by atoms with Crippen LogP contribution in [-0.4, -0.2) is 17.4 Å². The average Bonchev–Trinajstić information content (AvgIpc) is 2.18. The number of ether oxygens (including phenoxy) is 1. The van der Waals surface area contributed by atoms with Crippen LogP contribution >= 0.6 is 0 Å². The van der Waals surface area contributed by atoms with Crippen LogP contribution in [0.4, 0.5) is 18.9 Å². The van der Waals surface area contributed by atoms with Gasteiger partial charge in [0.2, 0.25) is 0 Å². The first-order chi connectivity index (χ1) is 7.72. The maximum Gasteiger partial charge on any atom is 0.573 e. The zero-order valence-corrected chi connectivity index (χ0v) is 8.78. The number of halogens is 3. The highest BCUT2D eigenvalue weighted by Gasteiger charge is 2.32. The first-order valence-electron chi connectivity index (χ1n) is 4.59. The number of aliphatic carboxylic acids is 1. The molecule has 17 heavy (non-hydrogen) atoms. The van der Waals surface area contributed by atoms with Crippen molar-refractivity contribution >= 4 is 11.7 Å². The lowest BCUT2D eigenvalue weighted by Gasteiger charge is -2.15. The number of nitrogens with two attached hydrogens (primary N) is 1. The Morgan fingerprint density at radius 1 is 1.47 bits per heavy atom. The lowest BCUT2D eigenvalue weighted by atomic mass is 9.99. The second-order valence-electron chi connectivity index (χ2n) is 3.37. The van der Waals surface area contributed by atoms with Crippen LogP contribution in [0.5, 0.6) is 5.75 Å². The maximum absolute atomic E-state index is 12.0. The van der Waals surface area contributed by atoms with Crippen molar-refractivity contribution in [1.82, 2.24) is 0 Å². The van der Waals surface area contributed by atoms with E-state index >= 15 is 0 Å². The van der Waals surface area contributed by atoms with Crippen molar-refractivity contribution in [2.45, 2.75) is 19.2 Å². The molecule has 1 aromatic carbocycles. The zero-order valence-electron chi connectivity index (χ0n) is 8.78. The van der Waals surface area contributed by atoms with Crippen LogP contribution in [-0.2, 0) is 4.79 Å². The predicted octanol–water partition coefficient (Wildman–Crippen LogP) is 2.36. The Balaban J connectivity index is 3.12. The van der Waals surface area contributed by atoms with Gasteiger partial charge in [-0.25, -0.2) is 0 Å². The number of rotatable bonds is 3. The van der Waals surface area contributed by atoms with E-state index in [4.69, 9.17) is 10.8 Å². The quantitative estimate of drug-likeness (QED) is 0.806. The van der Waals surface area contributed by atoms with Gasteiger partial charge in [-0.2, -0.15) is 0 Å². The summed E-state index contributed by atoms with van der Waals surface area (Å²) in [6.45, 7) is 1.32. The van der Waals surface area contributed by atoms with Gasteiger partial charge in [-0.1, -0.05) is 12.1 Å². The number of carboxylic acids is 1. The Kier molecular flexibility index (Phi) is 3.50. The van der Waals surface area contributed by atoms with E-state index < -0.39 is 24.0 Å². The van der Waals surface area contributed by atoms with E-state index in [1.54, 1.807) is 0 Å². The molecular formula is C10H10F3NO3. The van der Waals surface area contributed by atoms with Crippen LogP contribution < -0.4 is 10.5 Å². The number of carboxylic acid groups (broad SMARTS) is 1. The van der Waals surface area contributed by atoms with Gasteiger partial charge in [0, 0.05) is 0 Å². The topological polar surface area (TPSA) is 72.5 Å². The van der Waals surface area contributed by atoms with E-state index in [9.17, 15) is 18.0 Å². The Morgan fingerprint density at radius 2 is 2.06 bits per heavy atom. The van der Waals surface area contributed by atoms with Crippen LogP contribution in [0.15, 0.2) is 18.2 Å². The second-order valence-corrected chi connectivity index (χ2v) is 3.37. The number of hydrogen-bond acceptors (Lipinski definition) is 3. The molecule has 1 rings (SSSR count). The van der Waals surface area contributed by atoms with Gasteiger partial charge in [-0.05, 0) is 18.6 Å². The van der Waals surface area contributed by atoms with Crippen LogP contribution in [0.2, 0.25) is 0 Å². The fourth-order valence-corrected chi connectivity index (χ4v) is 1.29. The van der Waals surface area contributed by atoms with Gasteiger partial charge in [0.15, 0.2) is 5.75 Å². The van der Waals surface area contributed by atoms with Crippen molar-refractivity contribution in [2.24, 2.45) is 0 Å². The molecule has 0 saturated heterocycles. The van der Waals surface area contributed by atoms with Gasteiger partial charge in [0.05, 0.1) is 11.6 Å². The minimum absolute atomic E-state index is 0.0826. The molecule has 4 nitrogen and oxygen atoms in total. The normalized spacial score (nSPS) is 13.2. The molecule has 94 valence electrons. The van der Waals surface area contributed by atoms with Gasteiger partial charge in [-0.3, -0.25) is 4.79 Å². The maximum atomic E-state index is 12.0. The first kappa shape index (κ1) is 13.1. The summed E-state index contributed by atoms with van der Waals surface area (Å²) in [5.74, 6) is -2.78. The molecule has 1 atom stereocenters. The lowest BCUT2D eigenvalue weighted by molar-refractivity contribution is -0.274. The van der Waals surface area contributed by atoms with Crippen molar-refractivity contribution in [3.8, 4) is 5.75 Å². The second kappa shape index (κ2) is 4.52. The molecule has 0 aliphatic rings. The van der Waals surface area contributed by atoms with E-state index in [0.717, 1.165) is 6.07 Å². The number of anilines is 1. The van der Waals surface area contributed by atoms with E-state index in [1.165, 1.54) is 19.1 Å². The number of nitrogen functional groups attached to an aromatic ring is 1. The molecule has 0 saturated carbocycles. The Bertz CT molecular complexity index is 431. The molecule has 0 heterocycles. The van der Waals surface area contributed by atoms with Gasteiger partial charge in [-0.15, -0.1) is 13.2 Å². The Labute approximate surface area is 94.8 Å². The van der Waals surface area contributed by atoms with Crippen molar-refractivity contribution in [2.75, 3.05) is 5.73 Å². The van der Waals surface area contributed by atoms with E-state index in [-0.39, 0.29) is 11.3 Å². The first-order valence-corrected chi connectivity index (χ1v) is 4.59. The fraction of sp³-hybridized carbons (Fsp3) is 0.300. The van der Waals surface area contributed by atoms with Gasteiger partial charge in [0.25, 0.3) is 0 Å². The lowest BCUT2D eigenvalue weighted by Crippen LogP contribution is -2.19. The third-order valence-electron chi connectivity index (χ3n) is 2.16. The highest BCUT2D eigenvalue weighted by atomic mass is 19.4. The van der Waals surface area contributed by atoms with Gasteiger partial charge in [0.1, 0.15) is 0 Å². The van der Waals surface area contributed by atoms with Crippen molar-refractivity contribution in [3.05, 3.63) is 23.8 Å². The van der Waals surface area contributed by atoms with Gasteiger partial charge >= 0.3 is 12.3 Å². The summed E-state index contributed by atoms with van der Waals surface area (Å²) in [6, 6.07) is 3.63. The molecule has 0 radical (unpaired) electrons. The van der Waals surface area contributed by atoms with E-state index in [2.05, 4.69) is 4.74 Å². The highest BCUT2D eigenvalue weighted by molar-refractivity contribution is 5.79. The van der Waals surface area contributed by atoms with Crippen LogP contribution in [0, 0.1) is 0 Å². The summed E-state index contributed by atoms with van der Waals surface area (Å²) in [5, 5.41) is 8.76. The smallest absolute Gasteiger partial charge is 0.481 e. The van der Waals surface area contributed by atoms with Crippen LogP contribution in [0.25, 0.3) is 0 Å². The molecule has 0 bridgehead atoms. The molecule has 0 aliphatic heterocycles. The van der Waals surface area contributed by atoms with Crippen LogP contribution in [0.3, 0.4) is 0 Å². The third-order valence-corrected chi connectivity index (χ3v) is 2.16. The summed E-state index contributed by atoms with van der Waals surface area (Å²) < 4.78 is 39.7. The predicted molar refractivity (Wildman–Crippen MR) is 53.6 cm³/mol. The number of para-hydroxylation sites is 1. The Morgan fingerprint density at radius 3 is 2.53 bits per heavy atom. The summed E-state index contributed by atoms with van der Waals surface area (Å²) in [4.78, 5) is 10.7. The molecule has 0 spiro atoms. The molecule has 7 heteroatoms. The Hall–Kier alpha value is -1.92. The summed E-state index contributed by atoms with van der Waals surface area (Å²) in [5.41, 5.74) is 5.20. The minimum Gasteiger partial charge on any atom is -0.481 e. The van der Waals surface area contributed by atoms with Crippen molar-refractivity contribution in [3.63, 3.8) is 0 Å².